The third-order valence-corrected chi connectivity index (χ3v) is 3.02. The second-order valence-electron chi connectivity index (χ2n) is 3.29. The number of Topliss-reactive ketones (excluding diaryl/α,β-unsaturated/α-hetero) is 1. The van der Waals surface area contributed by atoms with Gasteiger partial charge in [0.25, 0.3) is 16.3 Å². The molecule has 6 heteroatoms. The molecule has 0 aliphatic rings. The minimum atomic E-state index is -0.786. The fourth-order valence-electron chi connectivity index (χ4n) is 1.21. The van der Waals surface area contributed by atoms with E-state index in [1.54, 1.807) is 24.3 Å². The summed E-state index contributed by atoms with van der Waals surface area (Å²) in [6.07, 6.45) is 0.320. The lowest BCUT2D eigenvalue weighted by atomic mass is 10.1. The quantitative estimate of drug-likeness (QED) is 0.349. The highest BCUT2D eigenvalue weighted by molar-refractivity contribution is 6.33. The molecule has 0 spiro atoms. The molecule has 0 amide bonds. The van der Waals surface area contributed by atoms with Gasteiger partial charge in [-0.15, -0.1) is 0 Å². The van der Waals surface area contributed by atoms with Crippen molar-refractivity contribution in [2.75, 3.05) is 0 Å². The first-order valence-electron chi connectivity index (χ1n) is 4.69. The predicted molar refractivity (Wildman–Crippen MR) is 61.6 cm³/mol. The molecule has 0 aromatic heterocycles. The number of carbonyl (C=O) groups excluding carboxylic acids is 1. The monoisotopic (exact) mass is 253 g/mol. The Bertz CT molecular complexity index is 411. The highest BCUT2D eigenvalue weighted by Crippen LogP contribution is 2.17. The van der Waals surface area contributed by atoms with Gasteiger partial charge in [-0.1, -0.05) is 23.7 Å². The lowest BCUT2D eigenvalue weighted by Crippen LogP contribution is -2.20. The summed E-state index contributed by atoms with van der Waals surface area (Å²) in [7, 11) is 0. The summed E-state index contributed by atoms with van der Waals surface area (Å²) in [5.74, 6) is -0.167. The van der Waals surface area contributed by atoms with Crippen LogP contribution in [0.5, 0.6) is 0 Å². The molecule has 1 atom stereocenters. The van der Waals surface area contributed by atoms with Crippen LogP contribution in [0.2, 0.25) is 5.02 Å². The smallest absolute Gasteiger partial charge is 0.254 e. The SMILES string of the molecule is O=C(CC[CH]([Al])[N+](=O)[O-])c1ccccc1Cl. The van der Waals surface area contributed by atoms with Crippen LogP contribution < -0.4 is 0 Å². The second kappa shape index (κ2) is 6.00. The lowest BCUT2D eigenvalue weighted by molar-refractivity contribution is -0.499. The topological polar surface area (TPSA) is 60.2 Å². The Kier molecular flexibility index (Phi) is 4.94. The van der Waals surface area contributed by atoms with Crippen molar-refractivity contribution in [2.24, 2.45) is 0 Å². The number of hydrogen-bond acceptors (Lipinski definition) is 3. The van der Waals surface area contributed by atoms with Gasteiger partial charge in [0.05, 0.1) is 5.02 Å². The molecule has 0 saturated carbocycles. The predicted octanol–water partition coefficient (Wildman–Crippen LogP) is 2.07. The van der Waals surface area contributed by atoms with E-state index in [9.17, 15) is 14.9 Å². The fourth-order valence-corrected chi connectivity index (χ4v) is 1.61. The van der Waals surface area contributed by atoms with Gasteiger partial charge in [0.1, 0.15) is 4.90 Å². The second-order valence-corrected chi connectivity index (χ2v) is 4.47. The van der Waals surface area contributed by atoms with Gasteiger partial charge in [-0.3, -0.25) is 14.9 Å². The van der Waals surface area contributed by atoms with E-state index in [-0.39, 0.29) is 18.6 Å². The Morgan fingerprint density at radius 2 is 2.12 bits per heavy atom. The largest absolute Gasteiger partial charge is 0.294 e. The first kappa shape index (κ1) is 13.2. The highest BCUT2D eigenvalue weighted by atomic mass is 35.5. The van der Waals surface area contributed by atoms with E-state index >= 15 is 0 Å². The van der Waals surface area contributed by atoms with Crippen LogP contribution in [0.25, 0.3) is 0 Å². The van der Waals surface area contributed by atoms with E-state index in [0.29, 0.717) is 10.6 Å². The molecule has 0 bridgehead atoms. The first-order valence-corrected chi connectivity index (χ1v) is 5.73. The number of carbonyl (C=O) groups is 1. The number of hydrogen-bond donors (Lipinski definition) is 0. The van der Waals surface area contributed by atoms with Crippen LogP contribution in [-0.2, 0) is 0 Å². The van der Waals surface area contributed by atoms with Crippen LogP contribution in [0.1, 0.15) is 23.2 Å². The Labute approximate surface area is 106 Å². The van der Waals surface area contributed by atoms with Crippen molar-refractivity contribution in [2.45, 2.75) is 17.7 Å². The number of benzene rings is 1. The summed E-state index contributed by atoms with van der Waals surface area (Å²) in [4.78, 5) is 20.8. The number of ketones is 1. The van der Waals surface area contributed by atoms with Crippen LogP contribution in [0.4, 0.5) is 0 Å². The number of nitro groups is 1. The van der Waals surface area contributed by atoms with Crippen LogP contribution in [0.15, 0.2) is 24.3 Å². The maximum absolute atomic E-state index is 11.7. The molecule has 16 heavy (non-hydrogen) atoms. The minimum Gasteiger partial charge on any atom is -0.294 e. The molecule has 0 aliphatic heterocycles. The van der Waals surface area contributed by atoms with Crippen molar-refractivity contribution in [1.29, 1.82) is 0 Å². The zero-order valence-electron chi connectivity index (χ0n) is 8.43. The first-order chi connectivity index (χ1) is 7.52. The van der Waals surface area contributed by atoms with Gasteiger partial charge >= 0.3 is 0 Å². The van der Waals surface area contributed by atoms with Crippen LogP contribution in [0.3, 0.4) is 0 Å². The molecule has 0 saturated heterocycles. The fraction of sp³-hybridized carbons (Fsp3) is 0.300. The molecule has 1 aromatic rings. The van der Waals surface area contributed by atoms with Gasteiger partial charge in [-0.25, -0.2) is 0 Å². The molecule has 0 fully saturated rings. The third kappa shape index (κ3) is 3.60. The van der Waals surface area contributed by atoms with E-state index < -0.39 is 9.83 Å². The van der Waals surface area contributed by atoms with E-state index in [0.717, 1.165) is 0 Å². The van der Waals surface area contributed by atoms with Crippen molar-refractivity contribution >= 4 is 33.7 Å². The molecule has 4 nitrogen and oxygen atoms in total. The van der Waals surface area contributed by atoms with Crippen LogP contribution in [0, 0.1) is 10.1 Å². The average molecular weight is 254 g/mol. The van der Waals surface area contributed by atoms with Gasteiger partial charge in [0.15, 0.2) is 5.78 Å². The van der Waals surface area contributed by atoms with Crippen molar-refractivity contribution in [3.05, 3.63) is 45.0 Å². The molecule has 2 radical (unpaired) electrons. The Morgan fingerprint density at radius 1 is 1.50 bits per heavy atom. The van der Waals surface area contributed by atoms with Crippen molar-refractivity contribution in [1.82, 2.24) is 0 Å². The zero-order chi connectivity index (χ0) is 12.1. The van der Waals surface area contributed by atoms with Crippen molar-refractivity contribution in [3.63, 3.8) is 0 Å². The van der Waals surface area contributed by atoms with Crippen LogP contribution >= 0.6 is 11.6 Å². The van der Waals surface area contributed by atoms with Gasteiger partial charge < -0.3 is 0 Å². The van der Waals surface area contributed by atoms with E-state index in [1.165, 1.54) is 0 Å². The Balaban J connectivity index is 2.60. The normalized spacial score (nSPS) is 12.1. The van der Waals surface area contributed by atoms with E-state index in [1.807, 2.05) is 0 Å². The summed E-state index contributed by atoms with van der Waals surface area (Å²) in [5, 5.41) is 10.7. The summed E-state index contributed by atoms with van der Waals surface area (Å²) < 4.78 is 0. The van der Waals surface area contributed by atoms with E-state index in [4.69, 9.17) is 11.6 Å². The van der Waals surface area contributed by atoms with Gasteiger partial charge in [0.2, 0.25) is 0 Å². The maximum atomic E-state index is 11.7. The third-order valence-electron chi connectivity index (χ3n) is 2.11. The molecule has 1 unspecified atom stereocenters. The van der Waals surface area contributed by atoms with Gasteiger partial charge in [-0.05, 0) is 12.1 Å². The molecule has 0 heterocycles. The Morgan fingerprint density at radius 3 is 2.69 bits per heavy atom. The molecule has 1 rings (SSSR count). The number of rotatable bonds is 5. The number of nitrogens with zero attached hydrogens (tertiary/aromatic N) is 1. The van der Waals surface area contributed by atoms with E-state index in [2.05, 4.69) is 16.3 Å². The van der Waals surface area contributed by atoms with Gasteiger partial charge in [-0.2, -0.15) is 0 Å². The molecule has 1 aromatic carbocycles. The van der Waals surface area contributed by atoms with Crippen LogP contribution in [-0.4, -0.2) is 31.9 Å². The average Bonchev–Trinajstić information content (AvgIpc) is 2.25. The van der Waals surface area contributed by atoms with Gasteiger partial charge in [0, 0.05) is 23.3 Å². The maximum Gasteiger partial charge on any atom is 0.254 e. The highest BCUT2D eigenvalue weighted by Gasteiger charge is 2.15. The van der Waals surface area contributed by atoms with Crippen molar-refractivity contribution in [3.8, 4) is 0 Å². The van der Waals surface area contributed by atoms with Crippen molar-refractivity contribution < 1.29 is 9.72 Å². The summed E-state index contributed by atoms with van der Waals surface area (Å²) >= 11 is 7.94. The standard InChI is InChI=1S/C10H9ClNO3.Al/c11-9-5-2-1-4-8(9)10(13)6-3-7-12(14)15;/h1-2,4-5,7H,3,6H2;. The minimum absolute atomic E-state index is 0.124. The molecular weight excluding hydrogens is 245 g/mol. The molecular formula is C10H9AlClNO3. The summed E-state index contributed by atoms with van der Waals surface area (Å²) in [6.45, 7) is 0. The molecule has 0 N–H and O–H groups in total. The zero-order valence-corrected chi connectivity index (χ0v) is 10.3. The molecule has 82 valence electrons. The number of halogens is 1. The molecule has 0 aliphatic carbocycles. The Hall–Kier alpha value is -0.888. The lowest BCUT2D eigenvalue weighted by Gasteiger charge is -2.05. The summed E-state index contributed by atoms with van der Waals surface area (Å²) in [6, 6.07) is 6.69. The summed E-state index contributed by atoms with van der Waals surface area (Å²) in [5.41, 5.74) is 0.421.